The second-order valence-electron chi connectivity index (χ2n) is 8.32. The van der Waals surface area contributed by atoms with E-state index in [1.807, 2.05) is 37.3 Å². The summed E-state index contributed by atoms with van der Waals surface area (Å²) in [5.41, 5.74) is 0.570. The number of carbonyl (C=O) groups is 3. The maximum atomic E-state index is 13.7. The molecule has 164 valence electrons. The van der Waals surface area contributed by atoms with Crippen LogP contribution >= 0.6 is 23.2 Å². The van der Waals surface area contributed by atoms with Gasteiger partial charge in [-0.25, -0.2) is 0 Å². The smallest absolute Gasteiger partial charge is 0.304 e. The van der Waals surface area contributed by atoms with Crippen LogP contribution in [-0.4, -0.2) is 34.2 Å². The number of likely N-dealkylation sites (tertiary alicyclic amines) is 1. The van der Waals surface area contributed by atoms with E-state index in [4.69, 9.17) is 23.2 Å². The van der Waals surface area contributed by atoms with Crippen LogP contribution in [0.15, 0.2) is 48.5 Å². The number of carboxylic acid groups (broad SMARTS) is 1. The Bertz CT molecular complexity index is 978. The van der Waals surface area contributed by atoms with Gasteiger partial charge in [-0.2, -0.15) is 0 Å². The van der Waals surface area contributed by atoms with E-state index in [0.29, 0.717) is 22.9 Å². The van der Waals surface area contributed by atoms with Crippen LogP contribution in [0, 0.1) is 5.41 Å². The Morgan fingerprint density at radius 1 is 1.19 bits per heavy atom. The van der Waals surface area contributed by atoms with Crippen LogP contribution in [0.25, 0.3) is 0 Å². The van der Waals surface area contributed by atoms with Crippen molar-refractivity contribution >= 4 is 41.4 Å². The van der Waals surface area contributed by atoms with Crippen LogP contribution in [0.3, 0.4) is 0 Å². The summed E-state index contributed by atoms with van der Waals surface area (Å²) in [6, 6.07) is 13.4. The van der Waals surface area contributed by atoms with Crippen molar-refractivity contribution in [2.45, 2.75) is 51.1 Å². The summed E-state index contributed by atoms with van der Waals surface area (Å²) in [5.74, 6) is -1.63. The van der Waals surface area contributed by atoms with Gasteiger partial charge in [-0.15, -0.1) is 0 Å². The maximum Gasteiger partial charge on any atom is 0.304 e. The lowest BCUT2D eigenvalue weighted by Gasteiger charge is -2.50. The van der Waals surface area contributed by atoms with Gasteiger partial charge in [0.05, 0.1) is 23.9 Å². The van der Waals surface area contributed by atoms with Gasteiger partial charge >= 0.3 is 5.97 Å². The molecule has 0 aliphatic carbocycles. The molecule has 1 aliphatic heterocycles. The van der Waals surface area contributed by atoms with E-state index >= 15 is 0 Å². The molecule has 1 N–H and O–H groups in total. The highest BCUT2D eigenvalue weighted by molar-refractivity contribution is 6.30. The molecule has 4 unspecified atom stereocenters. The van der Waals surface area contributed by atoms with Crippen molar-refractivity contribution in [2.75, 3.05) is 0 Å². The predicted molar refractivity (Wildman–Crippen MR) is 120 cm³/mol. The molecule has 5 nitrogen and oxygen atoms in total. The molecule has 4 atom stereocenters. The van der Waals surface area contributed by atoms with Crippen LogP contribution in [0.2, 0.25) is 10.0 Å². The standard InChI is InChI=1S/C24H25Cl2NO4/c1-3-19(14-28)27-22(15-7-9-17(25)10-8-15)20(16-5-4-6-18(26)11-16)12-24(2,23(27)31)13-21(29)30/h4-11,14,19-20,22H,3,12-13H2,1-2H3,(H,29,30). The molecular weight excluding hydrogens is 437 g/mol. The maximum absolute atomic E-state index is 13.7. The van der Waals surface area contributed by atoms with E-state index in [1.54, 1.807) is 30.0 Å². The Morgan fingerprint density at radius 2 is 1.87 bits per heavy atom. The number of carboxylic acids is 1. The highest BCUT2D eigenvalue weighted by Crippen LogP contribution is 2.52. The van der Waals surface area contributed by atoms with Crippen molar-refractivity contribution in [2.24, 2.45) is 5.41 Å². The van der Waals surface area contributed by atoms with Crippen molar-refractivity contribution in [3.8, 4) is 0 Å². The summed E-state index contributed by atoms with van der Waals surface area (Å²) >= 11 is 12.4. The number of nitrogens with zero attached hydrogens (tertiary/aromatic N) is 1. The van der Waals surface area contributed by atoms with Crippen molar-refractivity contribution in [3.05, 3.63) is 69.7 Å². The van der Waals surface area contributed by atoms with E-state index in [1.165, 1.54) is 0 Å². The van der Waals surface area contributed by atoms with Gasteiger partial charge in [-0.05, 0) is 48.2 Å². The zero-order valence-electron chi connectivity index (χ0n) is 17.4. The second-order valence-corrected chi connectivity index (χ2v) is 9.19. The highest BCUT2D eigenvalue weighted by atomic mass is 35.5. The van der Waals surface area contributed by atoms with E-state index in [9.17, 15) is 19.5 Å². The van der Waals surface area contributed by atoms with Crippen molar-refractivity contribution in [1.82, 2.24) is 4.90 Å². The lowest BCUT2D eigenvalue weighted by Crippen LogP contribution is -2.56. The lowest BCUT2D eigenvalue weighted by atomic mass is 9.67. The fourth-order valence-electron chi connectivity index (χ4n) is 4.60. The summed E-state index contributed by atoms with van der Waals surface area (Å²) in [6.45, 7) is 3.51. The van der Waals surface area contributed by atoms with Crippen LogP contribution in [0.5, 0.6) is 0 Å². The average Bonchev–Trinajstić information content (AvgIpc) is 2.72. The second kappa shape index (κ2) is 9.41. The number of aldehydes is 1. The molecule has 1 fully saturated rings. The Labute approximate surface area is 192 Å². The third kappa shape index (κ3) is 4.78. The Morgan fingerprint density at radius 3 is 2.42 bits per heavy atom. The van der Waals surface area contributed by atoms with Gasteiger partial charge in [0.15, 0.2) is 0 Å². The number of aliphatic carboxylic acids is 1. The first-order valence-electron chi connectivity index (χ1n) is 10.2. The van der Waals surface area contributed by atoms with Gasteiger partial charge in [0.25, 0.3) is 0 Å². The van der Waals surface area contributed by atoms with Crippen LogP contribution < -0.4 is 0 Å². The number of amides is 1. The molecule has 0 bridgehead atoms. The quantitative estimate of drug-likeness (QED) is 0.551. The summed E-state index contributed by atoms with van der Waals surface area (Å²) in [5, 5.41) is 10.6. The molecule has 2 aromatic rings. The van der Waals surface area contributed by atoms with Crippen LogP contribution in [-0.2, 0) is 14.4 Å². The molecule has 3 rings (SSSR count). The van der Waals surface area contributed by atoms with Crippen molar-refractivity contribution in [1.29, 1.82) is 0 Å². The zero-order chi connectivity index (χ0) is 22.8. The fraction of sp³-hybridized carbons (Fsp3) is 0.375. The Balaban J connectivity index is 2.23. The van der Waals surface area contributed by atoms with E-state index in [2.05, 4.69) is 0 Å². The monoisotopic (exact) mass is 461 g/mol. The molecule has 31 heavy (non-hydrogen) atoms. The van der Waals surface area contributed by atoms with Gasteiger partial charge in [0, 0.05) is 16.0 Å². The lowest BCUT2D eigenvalue weighted by molar-refractivity contribution is -0.161. The fourth-order valence-corrected chi connectivity index (χ4v) is 4.93. The normalized spacial score (nSPS) is 24.6. The number of hydrogen-bond acceptors (Lipinski definition) is 3. The third-order valence-corrected chi connectivity index (χ3v) is 6.55. The minimum atomic E-state index is -1.15. The Kier molecular flexibility index (Phi) is 7.07. The minimum Gasteiger partial charge on any atom is -0.481 e. The first-order chi connectivity index (χ1) is 14.7. The van der Waals surface area contributed by atoms with Gasteiger partial charge in [-0.3, -0.25) is 9.59 Å². The average molecular weight is 462 g/mol. The molecule has 0 radical (unpaired) electrons. The number of benzene rings is 2. The van der Waals surface area contributed by atoms with Gasteiger partial charge in [-0.1, -0.05) is 61.3 Å². The van der Waals surface area contributed by atoms with Gasteiger partial charge in [0.1, 0.15) is 6.29 Å². The van der Waals surface area contributed by atoms with E-state index in [0.717, 1.165) is 17.4 Å². The first-order valence-corrected chi connectivity index (χ1v) is 11.0. The molecule has 1 aliphatic rings. The molecule has 0 spiro atoms. The van der Waals surface area contributed by atoms with Crippen molar-refractivity contribution in [3.63, 3.8) is 0 Å². The number of carbonyl (C=O) groups excluding carboxylic acids is 2. The number of rotatable bonds is 7. The minimum absolute atomic E-state index is 0.254. The SMILES string of the molecule is CCC(C=O)N1C(=O)C(C)(CC(=O)O)CC(c2cccc(Cl)c2)C1c1ccc(Cl)cc1. The molecule has 1 heterocycles. The molecular formula is C24H25Cl2NO4. The molecule has 1 amide bonds. The number of hydrogen-bond donors (Lipinski definition) is 1. The topological polar surface area (TPSA) is 74.7 Å². The summed E-state index contributed by atoms with van der Waals surface area (Å²) in [6.07, 6.45) is 1.19. The third-order valence-electron chi connectivity index (χ3n) is 6.06. The molecule has 1 saturated heterocycles. The van der Waals surface area contributed by atoms with E-state index in [-0.39, 0.29) is 18.2 Å². The van der Waals surface area contributed by atoms with Crippen LogP contribution in [0.1, 0.15) is 56.2 Å². The Hall–Kier alpha value is -2.37. The largest absolute Gasteiger partial charge is 0.481 e. The number of piperidine rings is 1. The predicted octanol–water partition coefficient (Wildman–Crippen LogP) is 5.51. The number of halogens is 2. The molecule has 0 aromatic heterocycles. The molecule has 2 aromatic carbocycles. The first kappa shape index (κ1) is 23.3. The summed E-state index contributed by atoms with van der Waals surface area (Å²) < 4.78 is 0. The zero-order valence-corrected chi connectivity index (χ0v) is 18.9. The molecule has 7 heteroatoms. The molecule has 0 saturated carbocycles. The van der Waals surface area contributed by atoms with Gasteiger partial charge in [0.2, 0.25) is 5.91 Å². The highest BCUT2D eigenvalue weighted by Gasteiger charge is 2.52. The van der Waals surface area contributed by atoms with Crippen molar-refractivity contribution < 1.29 is 19.5 Å². The summed E-state index contributed by atoms with van der Waals surface area (Å²) in [7, 11) is 0. The van der Waals surface area contributed by atoms with Gasteiger partial charge < -0.3 is 14.8 Å². The summed E-state index contributed by atoms with van der Waals surface area (Å²) in [4.78, 5) is 38.9. The van der Waals surface area contributed by atoms with E-state index < -0.39 is 23.5 Å². The van der Waals surface area contributed by atoms with Crippen LogP contribution in [0.4, 0.5) is 0 Å².